The van der Waals surface area contributed by atoms with Crippen LogP contribution in [0.2, 0.25) is 0 Å². The van der Waals surface area contributed by atoms with Crippen LogP contribution in [0, 0.1) is 5.92 Å². The molecule has 1 amide bonds. The number of fused-ring (bicyclic) bond motifs is 1. The van der Waals surface area contributed by atoms with E-state index >= 15 is 0 Å². The predicted octanol–water partition coefficient (Wildman–Crippen LogP) is 2.26. The first-order chi connectivity index (χ1) is 13.8. The number of hydrogen-bond acceptors (Lipinski definition) is 6. The van der Waals surface area contributed by atoms with Gasteiger partial charge in [-0.25, -0.2) is 4.79 Å². The lowest BCUT2D eigenvalue weighted by Crippen LogP contribution is -2.47. The van der Waals surface area contributed by atoms with Crippen molar-refractivity contribution in [3.63, 3.8) is 0 Å². The van der Waals surface area contributed by atoms with Crippen LogP contribution in [0.1, 0.15) is 53.4 Å². The Bertz CT molecular complexity index is 879. The van der Waals surface area contributed by atoms with Gasteiger partial charge in [0, 0.05) is 32.1 Å². The third-order valence-corrected chi connectivity index (χ3v) is 8.54. The van der Waals surface area contributed by atoms with E-state index in [-0.39, 0.29) is 19.1 Å². The molecule has 0 radical (unpaired) electrons. The molecule has 0 saturated carbocycles. The van der Waals surface area contributed by atoms with Gasteiger partial charge in [0.15, 0.2) is 0 Å². The average molecular weight is 444 g/mol. The number of rotatable bonds is 6. The van der Waals surface area contributed by atoms with E-state index in [9.17, 15) is 18.0 Å². The maximum absolute atomic E-state index is 13.0. The normalized spacial score (nSPS) is 20.3. The molecule has 0 aromatic carbocycles. The number of esters is 1. The van der Waals surface area contributed by atoms with Crippen LogP contribution < -0.4 is 5.32 Å². The highest BCUT2D eigenvalue weighted by Crippen LogP contribution is 2.39. The van der Waals surface area contributed by atoms with Gasteiger partial charge in [-0.2, -0.15) is 17.0 Å². The molecule has 8 nitrogen and oxygen atoms in total. The lowest BCUT2D eigenvalue weighted by Gasteiger charge is -2.32. The fourth-order valence-corrected chi connectivity index (χ4v) is 6.35. The molecule has 1 N–H and O–H groups in total. The van der Waals surface area contributed by atoms with Crippen molar-refractivity contribution in [3.05, 3.63) is 16.0 Å². The topological polar surface area (TPSA) is 96.0 Å². The molecule has 10 heteroatoms. The standard InChI is InChI=1S/C19H29N3O5S2/c1-4-27-19(24)16-14-9-5-6-10-15(14)28-18(16)20-17(23)13-8-7-11-22(12-13)29(25,26)21(2)3/h13H,4-12H2,1-3H3,(H,20,23). The number of carbonyl (C=O) groups is 2. The lowest BCUT2D eigenvalue weighted by atomic mass is 9.95. The molecule has 29 heavy (non-hydrogen) atoms. The van der Waals surface area contributed by atoms with Crippen LogP contribution in [0.5, 0.6) is 0 Å². The zero-order chi connectivity index (χ0) is 21.2. The van der Waals surface area contributed by atoms with Gasteiger partial charge in [0.05, 0.1) is 18.1 Å². The summed E-state index contributed by atoms with van der Waals surface area (Å²) in [5.74, 6) is -1.09. The third kappa shape index (κ3) is 4.65. The van der Waals surface area contributed by atoms with E-state index in [1.807, 2.05) is 0 Å². The van der Waals surface area contributed by atoms with Crippen molar-refractivity contribution in [2.24, 2.45) is 5.92 Å². The predicted molar refractivity (Wildman–Crippen MR) is 112 cm³/mol. The number of piperidine rings is 1. The van der Waals surface area contributed by atoms with E-state index in [0.717, 1.165) is 36.1 Å². The molecule has 1 atom stereocenters. The molecule has 1 aliphatic heterocycles. The first-order valence-corrected chi connectivity index (χ1v) is 12.3. The molecule has 1 fully saturated rings. The van der Waals surface area contributed by atoms with Crippen molar-refractivity contribution >= 4 is 38.4 Å². The molecule has 2 aliphatic rings. The van der Waals surface area contributed by atoms with Gasteiger partial charge < -0.3 is 10.1 Å². The van der Waals surface area contributed by atoms with Gasteiger partial charge in [-0.1, -0.05) is 0 Å². The van der Waals surface area contributed by atoms with E-state index in [4.69, 9.17) is 4.74 Å². The second-order valence-electron chi connectivity index (χ2n) is 7.61. The molecule has 162 valence electrons. The summed E-state index contributed by atoms with van der Waals surface area (Å²) in [5.41, 5.74) is 1.48. The highest BCUT2D eigenvalue weighted by Gasteiger charge is 2.35. The van der Waals surface area contributed by atoms with Crippen molar-refractivity contribution < 1.29 is 22.7 Å². The van der Waals surface area contributed by atoms with Crippen LogP contribution in [0.15, 0.2) is 0 Å². The Hall–Kier alpha value is -1.49. The molecule has 3 rings (SSSR count). The number of aryl methyl sites for hydroxylation is 1. The minimum absolute atomic E-state index is 0.145. The highest BCUT2D eigenvalue weighted by atomic mass is 32.2. The molecule has 1 aromatic rings. The fraction of sp³-hybridized carbons (Fsp3) is 0.684. The molecule has 1 aromatic heterocycles. The molecule has 2 heterocycles. The van der Waals surface area contributed by atoms with E-state index in [2.05, 4.69) is 5.32 Å². The molecule has 1 saturated heterocycles. The van der Waals surface area contributed by atoms with Gasteiger partial charge >= 0.3 is 5.97 Å². The second-order valence-corrected chi connectivity index (χ2v) is 10.9. The summed E-state index contributed by atoms with van der Waals surface area (Å²) in [6.45, 7) is 2.59. The fourth-order valence-electron chi connectivity index (χ4n) is 3.88. The van der Waals surface area contributed by atoms with Crippen molar-refractivity contribution in [2.75, 3.05) is 39.1 Å². The van der Waals surface area contributed by atoms with Crippen LogP contribution >= 0.6 is 11.3 Å². The van der Waals surface area contributed by atoms with Crippen molar-refractivity contribution in [3.8, 4) is 0 Å². The number of thiophene rings is 1. The van der Waals surface area contributed by atoms with Crippen molar-refractivity contribution in [1.82, 2.24) is 8.61 Å². The van der Waals surface area contributed by atoms with Crippen LogP contribution in [0.3, 0.4) is 0 Å². The summed E-state index contributed by atoms with van der Waals surface area (Å²) in [4.78, 5) is 26.7. The third-order valence-electron chi connectivity index (χ3n) is 5.43. The Kier molecular flexibility index (Phi) is 6.98. The van der Waals surface area contributed by atoms with Gasteiger partial charge in [0.1, 0.15) is 5.00 Å². The van der Waals surface area contributed by atoms with Crippen LogP contribution in [-0.2, 0) is 32.6 Å². The molecule has 1 unspecified atom stereocenters. The summed E-state index contributed by atoms with van der Waals surface area (Å²) < 4.78 is 32.6. The Morgan fingerprint density at radius 3 is 2.66 bits per heavy atom. The first kappa shape index (κ1) is 22.2. The Morgan fingerprint density at radius 2 is 1.97 bits per heavy atom. The largest absolute Gasteiger partial charge is 0.462 e. The minimum atomic E-state index is -3.56. The van der Waals surface area contributed by atoms with Gasteiger partial charge in [-0.15, -0.1) is 11.3 Å². The SMILES string of the molecule is CCOC(=O)c1c(NC(=O)C2CCCN(S(=O)(=O)N(C)C)C2)sc2c1CCCC2. The number of amides is 1. The summed E-state index contributed by atoms with van der Waals surface area (Å²) in [6.07, 6.45) is 5.04. The molecule has 0 spiro atoms. The second kappa shape index (κ2) is 9.11. The van der Waals surface area contributed by atoms with Crippen LogP contribution in [0.25, 0.3) is 0 Å². The minimum Gasteiger partial charge on any atom is -0.462 e. The number of hydrogen-bond donors (Lipinski definition) is 1. The van der Waals surface area contributed by atoms with Crippen LogP contribution in [0.4, 0.5) is 5.00 Å². The van der Waals surface area contributed by atoms with Crippen LogP contribution in [-0.4, -0.2) is 62.7 Å². The van der Waals surface area contributed by atoms with E-state index < -0.39 is 22.1 Å². The zero-order valence-electron chi connectivity index (χ0n) is 17.2. The average Bonchev–Trinajstić information content (AvgIpc) is 3.06. The van der Waals surface area contributed by atoms with Gasteiger partial charge in [0.25, 0.3) is 10.2 Å². The van der Waals surface area contributed by atoms with E-state index in [0.29, 0.717) is 30.0 Å². The Labute approximate surface area is 176 Å². The molecular formula is C19H29N3O5S2. The number of nitrogens with one attached hydrogen (secondary N) is 1. The maximum atomic E-state index is 13.0. The van der Waals surface area contributed by atoms with E-state index in [1.54, 1.807) is 6.92 Å². The number of carbonyl (C=O) groups excluding carboxylic acids is 2. The maximum Gasteiger partial charge on any atom is 0.341 e. The van der Waals surface area contributed by atoms with Gasteiger partial charge in [-0.05, 0) is 51.0 Å². The quantitative estimate of drug-likeness (QED) is 0.681. The first-order valence-electron chi connectivity index (χ1n) is 10.1. The Morgan fingerprint density at radius 1 is 1.24 bits per heavy atom. The smallest absolute Gasteiger partial charge is 0.341 e. The number of nitrogens with zero attached hydrogens (tertiary/aromatic N) is 2. The highest BCUT2D eigenvalue weighted by molar-refractivity contribution is 7.86. The summed E-state index contributed by atoms with van der Waals surface area (Å²) in [7, 11) is -0.581. The summed E-state index contributed by atoms with van der Waals surface area (Å²) >= 11 is 1.45. The lowest BCUT2D eigenvalue weighted by molar-refractivity contribution is -0.120. The summed E-state index contributed by atoms with van der Waals surface area (Å²) in [6, 6.07) is 0. The molecule has 0 bridgehead atoms. The summed E-state index contributed by atoms with van der Waals surface area (Å²) in [5, 5.41) is 3.46. The van der Waals surface area contributed by atoms with Crippen molar-refractivity contribution in [2.45, 2.75) is 45.4 Å². The van der Waals surface area contributed by atoms with Gasteiger partial charge in [-0.3, -0.25) is 4.79 Å². The monoisotopic (exact) mass is 443 g/mol. The zero-order valence-corrected chi connectivity index (χ0v) is 18.8. The molecule has 1 aliphatic carbocycles. The Balaban J connectivity index is 1.80. The number of ether oxygens (including phenoxy) is 1. The van der Waals surface area contributed by atoms with Crippen molar-refractivity contribution in [1.29, 1.82) is 0 Å². The van der Waals surface area contributed by atoms with Gasteiger partial charge in [0.2, 0.25) is 5.91 Å². The van der Waals surface area contributed by atoms with E-state index in [1.165, 1.54) is 34.0 Å². The molecular weight excluding hydrogens is 414 g/mol. The number of anilines is 1.